The van der Waals surface area contributed by atoms with Gasteiger partial charge in [0.2, 0.25) is 5.88 Å². The second kappa shape index (κ2) is 7.74. The fourth-order valence-electron chi connectivity index (χ4n) is 3.71. The lowest BCUT2D eigenvalue weighted by Crippen LogP contribution is -2.17. The third kappa shape index (κ3) is 3.58. The lowest BCUT2D eigenvalue weighted by molar-refractivity contribution is 0.433. The molecule has 0 spiro atoms. The molecular weight excluding hydrogens is 416 g/mol. The van der Waals surface area contributed by atoms with E-state index in [9.17, 15) is 5.26 Å². The zero-order chi connectivity index (χ0) is 21.4. The first-order chi connectivity index (χ1) is 15.1. The van der Waals surface area contributed by atoms with Crippen LogP contribution in [0.25, 0.3) is 22.3 Å². The zero-order valence-electron chi connectivity index (χ0n) is 16.3. The van der Waals surface area contributed by atoms with Crippen LogP contribution in [0.3, 0.4) is 0 Å². The van der Waals surface area contributed by atoms with Gasteiger partial charge in [-0.3, -0.25) is 0 Å². The van der Waals surface area contributed by atoms with E-state index in [2.05, 4.69) is 21.1 Å². The maximum absolute atomic E-state index is 9.19. The topological polar surface area (TPSA) is 119 Å². The summed E-state index contributed by atoms with van der Waals surface area (Å²) in [6, 6.07) is 10.9. The summed E-state index contributed by atoms with van der Waals surface area (Å²) in [6.07, 6.45) is 5.98. The van der Waals surface area contributed by atoms with Crippen molar-refractivity contribution in [2.75, 3.05) is 18.8 Å². The molecule has 1 aromatic carbocycles. The number of aromatic nitrogens is 5. The van der Waals surface area contributed by atoms with Crippen LogP contribution in [-0.4, -0.2) is 42.7 Å². The second-order valence-electron chi connectivity index (χ2n) is 7.18. The molecule has 0 amide bonds. The normalized spacial score (nSPS) is 15.9. The lowest BCUT2D eigenvalue weighted by atomic mass is 10.1. The molecule has 0 saturated carbocycles. The molecule has 4 aromatic rings. The highest BCUT2D eigenvalue weighted by atomic mass is 35.5. The molecule has 0 aliphatic carbocycles. The minimum absolute atomic E-state index is 0.0452. The monoisotopic (exact) mass is 432 g/mol. The van der Waals surface area contributed by atoms with E-state index in [0.717, 1.165) is 12.0 Å². The third-order valence-corrected chi connectivity index (χ3v) is 5.44. The Hall–Kier alpha value is -3.90. The van der Waals surface area contributed by atoms with E-state index in [1.807, 2.05) is 28.9 Å². The van der Waals surface area contributed by atoms with Crippen LogP contribution >= 0.6 is 11.6 Å². The molecule has 0 unspecified atom stereocenters. The maximum Gasteiger partial charge on any atom is 0.219 e. The molecule has 0 radical (unpaired) electrons. The molecule has 154 valence electrons. The van der Waals surface area contributed by atoms with E-state index < -0.39 is 0 Å². The summed E-state index contributed by atoms with van der Waals surface area (Å²) in [7, 11) is 0. The van der Waals surface area contributed by atoms with Crippen LogP contribution in [0.4, 0.5) is 5.82 Å². The molecule has 1 fully saturated rings. The number of likely N-dealkylation sites (tertiary alicyclic amines) is 1. The van der Waals surface area contributed by atoms with E-state index in [-0.39, 0.29) is 6.04 Å². The molecule has 31 heavy (non-hydrogen) atoms. The largest absolute Gasteiger partial charge is 0.439 e. The van der Waals surface area contributed by atoms with Gasteiger partial charge in [-0.25, -0.2) is 19.6 Å². The van der Waals surface area contributed by atoms with Crippen LogP contribution in [0.5, 0.6) is 11.6 Å². The molecule has 0 bridgehead atoms. The Bertz CT molecular complexity index is 1280. The predicted molar refractivity (Wildman–Crippen MR) is 115 cm³/mol. The van der Waals surface area contributed by atoms with Gasteiger partial charge in [-0.05, 0) is 36.8 Å². The van der Waals surface area contributed by atoms with E-state index in [4.69, 9.17) is 27.2 Å². The molecule has 9 nitrogen and oxygen atoms in total. The van der Waals surface area contributed by atoms with Crippen molar-refractivity contribution < 1.29 is 4.74 Å². The summed E-state index contributed by atoms with van der Waals surface area (Å²) in [5.41, 5.74) is 8.41. The fraction of sp³-hybridized carbons (Fsp3) is 0.190. The number of nitriles is 1. The van der Waals surface area contributed by atoms with E-state index in [1.54, 1.807) is 17.0 Å². The number of nitrogens with two attached hydrogens (primary N) is 1. The van der Waals surface area contributed by atoms with Crippen molar-refractivity contribution in [2.45, 2.75) is 12.5 Å². The SMILES string of the molecule is N#CN1CC[C@H](n2nc(-c3ccc(Oc4ccc(Cl)cn4)cc3)c3c(N)ncnc32)C1. The van der Waals surface area contributed by atoms with Gasteiger partial charge in [-0.2, -0.15) is 10.4 Å². The zero-order valence-corrected chi connectivity index (χ0v) is 17.1. The van der Waals surface area contributed by atoms with E-state index >= 15 is 0 Å². The number of hydrogen-bond acceptors (Lipinski definition) is 8. The number of anilines is 1. The number of ether oxygens (including phenoxy) is 1. The molecule has 2 N–H and O–H groups in total. The van der Waals surface area contributed by atoms with Crippen LogP contribution in [-0.2, 0) is 0 Å². The number of nitrogen functional groups attached to an aromatic ring is 1. The Kier molecular flexibility index (Phi) is 4.76. The van der Waals surface area contributed by atoms with Gasteiger partial charge in [-0.1, -0.05) is 11.6 Å². The number of hydrogen-bond donors (Lipinski definition) is 1. The van der Waals surface area contributed by atoms with Gasteiger partial charge in [0.25, 0.3) is 0 Å². The van der Waals surface area contributed by atoms with Crippen LogP contribution in [0.15, 0.2) is 48.9 Å². The summed E-state index contributed by atoms with van der Waals surface area (Å²) in [4.78, 5) is 14.4. The second-order valence-corrected chi connectivity index (χ2v) is 7.62. The minimum Gasteiger partial charge on any atom is -0.439 e. The number of benzene rings is 1. The summed E-state index contributed by atoms with van der Waals surface area (Å²) in [5.74, 6) is 1.45. The quantitative estimate of drug-likeness (QED) is 0.485. The molecule has 1 atom stereocenters. The molecule has 1 aliphatic rings. The number of rotatable bonds is 4. The molecule has 10 heteroatoms. The fourth-order valence-corrected chi connectivity index (χ4v) is 3.82. The number of halogens is 1. The number of fused-ring (bicyclic) bond motifs is 1. The average Bonchev–Trinajstić information content (AvgIpc) is 3.41. The lowest BCUT2D eigenvalue weighted by Gasteiger charge is -2.11. The van der Waals surface area contributed by atoms with Crippen molar-refractivity contribution in [3.63, 3.8) is 0 Å². The molecule has 5 rings (SSSR count). The molecule has 1 saturated heterocycles. The first-order valence-electron chi connectivity index (χ1n) is 9.65. The van der Waals surface area contributed by atoms with E-state index in [0.29, 0.717) is 52.3 Å². The summed E-state index contributed by atoms with van der Waals surface area (Å²) >= 11 is 5.86. The first kappa shape index (κ1) is 19.1. The van der Waals surface area contributed by atoms with Gasteiger partial charge in [0.15, 0.2) is 11.8 Å². The Balaban J connectivity index is 1.50. The summed E-state index contributed by atoms with van der Waals surface area (Å²) in [5, 5.41) is 15.3. The van der Waals surface area contributed by atoms with Gasteiger partial charge in [-0.15, -0.1) is 0 Å². The Labute approximate surface area is 182 Å². The minimum atomic E-state index is 0.0452. The van der Waals surface area contributed by atoms with Crippen molar-refractivity contribution in [1.82, 2.24) is 29.6 Å². The highest BCUT2D eigenvalue weighted by molar-refractivity contribution is 6.30. The highest BCUT2D eigenvalue weighted by Gasteiger charge is 2.28. The van der Waals surface area contributed by atoms with Crippen LogP contribution in [0.1, 0.15) is 12.5 Å². The Morgan fingerprint density at radius 1 is 1.13 bits per heavy atom. The third-order valence-electron chi connectivity index (χ3n) is 5.22. The van der Waals surface area contributed by atoms with Gasteiger partial charge >= 0.3 is 0 Å². The molecule has 1 aliphatic heterocycles. The van der Waals surface area contributed by atoms with Crippen molar-refractivity contribution >= 4 is 28.5 Å². The Morgan fingerprint density at radius 3 is 2.68 bits per heavy atom. The highest BCUT2D eigenvalue weighted by Crippen LogP contribution is 2.34. The number of nitrogens with zero attached hydrogens (tertiary/aromatic N) is 7. The summed E-state index contributed by atoms with van der Waals surface area (Å²) < 4.78 is 7.63. The van der Waals surface area contributed by atoms with Gasteiger partial charge in [0, 0.05) is 24.4 Å². The van der Waals surface area contributed by atoms with E-state index in [1.165, 1.54) is 12.5 Å². The van der Waals surface area contributed by atoms with Crippen LogP contribution in [0.2, 0.25) is 5.02 Å². The van der Waals surface area contributed by atoms with Gasteiger partial charge < -0.3 is 15.4 Å². The predicted octanol–water partition coefficient (Wildman–Crippen LogP) is 3.64. The van der Waals surface area contributed by atoms with Gasteiger partial charge in [0.1, 0.15) is 23.6 Å². The first-order valence-corrected chi connectivity index (χ1v) is 10.0. The Morgan fingerprint density at radius 2 is 1.97 bits per heavy atom. The van der Waals surface area contributed by atoms with Crippen molar-refractivity contribution in [3.8, 4) is 29.1 Å². The van der Waals surface area contributed by atoms with Gasteiger partial charge in [0.05, 0.1) is 23.0 Å². The van der Waals surface area contributed by atoms with Crippen molar-refractivity contribution in [1.29, 1.82) is 5.26 Å². The van der Waals surface area contributed by atoms with Crippen LogP contribution < -0.4 is 10.5 Å². The average molecular weight is 433 g/mol. The molecule has 4 heterocycles. The van der Waals surface area contributed by atoms with Crippen LogP contribution in [0, 0.1) is 11.5 Å². The molecular formula is C21H17ClN8O. The number of pyridine rings is 1. The standard InChI is InChI=1S/C21H17ClN8O/c22-14-3-6-17(25-9-14)31-16-4-1-13(2-5-16)19-18-20(24)26-12-27-21(18)30(28-19)15-7-8-29(10-15)11-23/h1-6,9,12,15H,7-8,10H2,(H2,24,26,27)/t15-/m0/s1. The maximum atomic E-state index is 9.19. The smallest absolute Gasteiger partial charge is 0.219 e. The summed E-state index contributed by atoms with van der Waals surface area (Å²) in [6.45, 7) is 1.29. The van der Waals surface area contributed by atoms with Crippen molar-refractivity contribution in [3.05, 3.63) is 53.9 Å². The molecule has 3 aromatic heterocycles. The van der Waals surface area contributed by atoms with Crippen molar-refractivity contribution in [2.24, 2.45) is 0 Å².